The number of hydrogen-bond acceptors (Lipinski definition) is 5. The first-order valence-corrected chi connectivity index (χ1v) is 24.5. The molecule has 326 valence electrons. The molecule has 1 N–H and O–H groups in total. The van der Waals surface area contributed by atoms with E-state index in [2.05, 4.69) is 13.8 Å². The predicted octanol–water partition coefficient (Wildman–Crippen LogP) is 15.7. The number of hydrogen-bond donors (Lipinski definition) is 1. The van der Waals surface area contributed by atoms with Crippen molar-refractivity contribution in [3.05, 3.63) is 0 Å². The fourth-order valence-electron chi connectivity index (χ4n) is 7.79. The zero-order valence-electron chi connectivity index (χ0n) is 37.1. The summed E-state index contributed by atoms with van der Waals surface area (Å²) in [5.74, 6) is -3.27. The largest absolute Gasteiger partial charge is 0.481 e. The summed E-state index contributed by atoms with van der Waals surface area (Å²) in [4.78, 5) is 37.3. The molecule has 55 heavy (non-hydrogen) atoms. The number of carboxylic acids is 1. The summed E-state index contributed by atoms with van der Waals surface area (Å²) < 4.78 is 11.0. The van der Waals surface area contributed by atoms with Crippen LogP contribution in [0.1, 0.15) is 271 Å². The van der Waals surface area contributed by atoms with Crippen molar-refractivity contribution < 1.29 is 29.0 Å². The Morgan fingerprint density at radius 3 is 0.927 bits per heavy atom. The number of carbonyl (C=O) groups is 3. The molecule has 0 fully saturated rings. The molecule has 0 heterocycles. The van der Waals surface area contributed by atoms with Gasteiger partial charge in [-0.15, -0.1) is 0 Å². The number of ether oxygens (including phenoxy) is 2. The molecule has 0 saturated carbocycles. The molecule has 0 spiro atoms. The quantitative estimate of drug-likeness (QED) is 0.0489. The van der Waals surface area contributed by atoms with Crippen molar-refractivity contribution in [2.75, 3.05) is 13.2 Å². The second kappa shape index (κ2) is 43.5. The summed E-state index contributed by atoms with van der Waals surface area (Å²) in [6, 6.07) is 0. The topological polar surface area (TPSA) is 89.9 Å². The van der Waals surface area contributed by atoms with Crippen molar-refractivity contribution in [1.82, 2.24) is 0 Å². The van der Waals surface area contributed by atoms with Gasteiger partial charge in [0.25, 0.3) is 0 Å². The predicted molar refractivity (Wildman–Crippen MR) is 234 cm³/mol. The highest BCUT2D eigenvalue weighted by Gasteiger charge is 2.30. The van der Waals surface area contributed by atoms with Crippen molar-refractivity contribution in [1.29, 1.82) is 0 Å². The summed E-state index contributed by atoms with van der Waals surface area (Å²) in [6.07, 6.45) is 47.4. The lowest BCUT2D eigenvalue weighted by Crippen LogP contribution is -2.27. The van der Waals surface area contributed by atoms with Gasteiger partial charge in [-0.2, -0.15) is 0 Å². The molecule has 0 aliphatic heterocycles. The Bertz CT molecular complexity index is 828. The van der Waals surface area contributed by atoms with Crippen molar-refractivity contribution in [3.63, 3.8) is 0 Å². The summed E-state index contributed by atoms with van der Waals surface area (Å²) in [7, 11) is 0. The minimum Gasteiger partial charge on any atom is -0.481 e. The van der Waals surface area contributed by atoms with Gasteiger partial charge in [-0.1, -0.05) is 239 Å². The van der Waals surface area contributed by atoms with Crippen molar-refractivity contribution in [3.8, 4) is 0 Å². The molecular formula is C49H94O6. The third kappa shape index (κ3) is 39.0. The molecule has 6 heteroatoms. The first-order chi connectivity index (χ1) is 27.0. The Kier molecular flexibility index (Phi) is 42.3. The molecule has 2 atom stereocenters. The van der Waals surface area contributed by atoms with Crippen molar-refractivity contribution in [2.24, 2.45) is 11.8 Å². The van der Waals surface area contributed by atoms with E-state index in [1.165, 1.54) is 193 Å². The number of esters is 2. The second-order valence-corrected chi connectivity index (χ2v) is 17.0. The van der Waals surface area contributed by atoms with Crippen LogP contribution in [0.25, 0.3) is 0 Å². The maximum Gasteiger partial charge on any atom is 0.309 e. The fraction of sp³-hybridized carbons (Fsp3) is 0.939. The minimum atomic E-state index is -0.934. The standard InChI is InChI=1S/C49H94O6/c1-4-7-9-11-13-15-17-19-21-23-25-27-29-31-33-35-37-39-41-54-47(50)44-46(43-45(6-3)48(51)52)49(53)55-42-40-38-36-34-32-30-28-26-24-22-20-18-16-14-12-10-8-5-2/h45-46H,4-44H2,1-3H3,(H,51,52). The van der Waals surface area contributed by atoms with Crippen LogP contribution < -0.4 is 0 Å². The molecule has 6 nitrogen and oxygen atoms in total. The molecule has 0 aromatic rings. The average Bonchev–Trinajstić information content (AvgIpc) is 3.17. The van der Waals surface area contributed by atoms with Crippen molar-refractivity contribution in [2.45, 2.75) is 271 Å². The molecule has 0 aliphatic rings. The number of carbonyl (C=O) groups excluding carboxylic acids is 2. The van der Waals surface area contributed by atoms with E-state index in [0.29, 0.717) is 19.6 Å². The first kappa shape index (κ1) is 53.4. The first-order valence-electron chi connectivity index (χ1n) is 24.5. The Hall–Kier alpha value is -1.59. The lowest BCUT2D eigenvalue weighted by molar-refractivity contribution is -0.157. The Morgan fingerprint density at radius 1 is 0.382 bits per heavy atom. The molecule has 0 bridgehead atoms. The van der Waals surface area contributed by atoms with Crippen LogP contribution in [0.2, 0.25) is 0 Å². The minimum absolute atomic E-state index is 0.109. The van der Waals surface area contributed by atoms with E-state index in [1.807, 2.05) is 0 Å². The number of carboxylic acid groups (broad SMARTS) is 1. The fourth-order valence-corrected chi connectivity index (χ4v) is 7.79. The molecule has 2 unspecified atom stereocenters. The highest BCUT2D eigenvalue weighted by Crippen LogP contribution is 2.22. The van der Waals surface area contributed by atoms with Gasteiger partial charge in [0.2, 0.25) is 0 Å². The summed E-state index contributed by atoms with van der Waals surface area (Å²) >= 11 is 0. The molecule has 0 aromatic heterocycles. The van der Waals surface area contributed by atoms with Crippen LogP contribution in [0, 0.1) is 11.8 Å². The van der Waals surface area contributed by atoms with Gasteiger partial charge in [-0.3, -0.25) is 14.4 Å². The number of unbranched alkanes of at least 4 members (excludes halogenated alkanes) is 34. The summed E-state index contributed by atoms with van der Waals surface area (Å²) in [5, 5.41) is 9.59. The zero-order chi connectivity index (χ0) is 40.3. The van der Waals surface area contributed by atoms with Crippen LogP contribution >= 0.6 is 0 Å². The van der Waals surface area contributed by atoms with Crippen molar-refractivity contribution >= 4 is 17.9 Å². The average molecular weight is 779 g/mol. The van der Waals surface area contributed by atoms with E-state index < -0.39 is 29.7 Å². The monoisotopic (exact) mass is 779 g/mol. The van der Waals surface area contributed by atoms with Gasteiger partial charge >= 0.3 is 17.9 Å². The zero-order valence-corrected chi connectivity index (χ0v) is 37.1. The lowest BCUT2D eigenvalue weighted by atomic mass is 9.90. The van der Waals surface area contributed by atoms with Gasteiger partial charge in [-0.25, -0.2) is 0 Å². The number of rotatable bonds is 45. The summed E-state index contributed by atoms with van der Waals surface area (Å²) in [5.41, 5.74) is 0. The van der Waals surface area contributed by atoms with Gasteiger partial charge in [0.1, 0.15) is 0 Å². The lowest BCUT2D eigenvalue weighted by Gasteiger charge is -2.19. The van der Waals surface area contributed by atoms with Gasteiger partial charge in [-0.05, 0) is 25.7 Å². The van der Waals surface area contributed by atoms with Gasteiger partial charge < -0.3 is 14.6 Å². The number of aliphatic carboxylic acids is 1. The van der Waals surface area contributed by atoms with E-state index in [1.54, 1.807) is 6.92 Å². The summed E-state index contributed by atoms with van der Waals surface area (Å²) in [6.45, 7) is 7.04. The Balaban J connectivity index is 3.91. The molecule has 0 amide bonds. The molecule has 0 rings (SSSR count). The van der Waals surface area contributed by atoms with Gasteiger partial charge in [0, 0.05) is 0 Å². The van der Waals surface area contributed by atoms with Crippen LogP contribution in [0.15, 0.2) is 0 Å². The van der Waals surface area contributed by atoms with Crippen LogP contribution in [-0.2, 0) is 23.9 Å². The van der Waals surface area contributed by atoms with Gasteiger partial charge in [0.05, 0.1) is 31.5 Å². The van der Waals surface area contributed by atoms with E-state index in [4.69, 9.17) is 9.47 Å². The highest BCUT2D eigenvalue weighted by atomic mass is 16.5. The third-order valence-electron chi connectivity index (χ3n) is 11.7. The molecule has 0 radical (unpaired) electrons. The van der Waals surface area contributed by atoms with Crippen LogP contribution in [0.3, 0.4) is 0 Å². The van der Waals surface area contributed by atoms with E-state index in [-0.39, 0.29) is 12.8 Å². The van der Waals surface area contributed by atoms with E-state index in [0.717, 1.165) is 38.5 Å². The van der Waals surface area contributed by atoms with Gasteiger partial charge in [0.15, 0.2) is 0 Å². The highest BCUT2D eigenvalue weighted by molar-refractivity contribution is 5.81. The maximum absolute atomic E-state index is 13.0. The van der Waals surface area contributed by atoms with E-state index >= 15 is 0 Å². The third-order valence-corrected chi connectivity index (χ3v) is 11.7. The normalized spacial score (nSPS) is 12.5. The maximum atomic E-state index is 13.0. The molecular weight excluding hydrogens is 685 g/mol. The second-order valence-electron chi connectivity index (χ2n) is 17.0. The molecule has 0 aromatic carbocycles. The van der Waals surface area contributed by atoms with Crippen LogP contribution in [-0.4, -0.2) is 36.2 Å². The molecule has 0 saturated heterocycles. The van der Waals surface area contributed by atoms with E-state index in [9.17, 15) is 19.5 Å². The Labute approximate surface area is 342 Å². The van der Waals surface area contributed by atoms with Crippen LogP contribution in [0.5, 0.6) is 0 Å². The smallest absolute Gasteiger partial charge is 0.309 e. The van der Waals surface area contributed by atoms with Crippen LogP contribution in [0.4, 0.5) is 0 Å². The Morgan fingerprint density at radius 2 is 0.655 bits per heavy atom. The SMILES string of the molecule is CCCCCCCCCCCCCCCCCCCCOC(=O)CC(CC(CC)C(=O)O)C(=O)OCCCCCCCCCCCCCCCCCCCC. The molecule has 0 aliphatic carbocycles.